The first-order chi connectivity index (χ1) is 10.8. The summed E-state index contributed by atoms with van der Waals surface area (Å²) >= 11 is 6.58. The quantitative estimate of drug-likeness (QED) is 0.652. The van der Waals surface area contributed by atoms with E-state index in [1.807, 2.05) is 6.07 Å². The molecule has 0 spiro atoms. The highest BCUT2D eigenvalue weighted by atomic mass is 79.9. The number of ether oxygens (including phenoxy) is 1. The first-order valence-electron chi connectivity index (χ1n) is 6.00. The Kier molecular flexibility index (Phi) is 5.02. The Hall–Kier alpha value is -2.38. The number of anilines is 2. The van der Waals surface area contributed by atoms with Crippen molar-refractivity contribution in [3.8, 4) is 23.1 Å². The van der Waals surface area contributed by atoms with Crippen molar-refractivity contribution < 1.29 is 14.6 Å². The second-order valence-corrected chi connectivity index (χ2v) is 5.96. The first-order valence-corrected chi connectivity index (χ1v) is 7.59. The van der Waals surface area contributed by atoms with Crippen molar-refractivity contribution in [2.45, 2.75) is 0 Å². The highest BCUT2D eigenvalue weighted by Crippen LogP contribution is 2.38. The van der Waals surface area contributed by atoms with Crippen molar-refractivity contribution in [3.05, 3.63) is 26.6 Å². The number of nitrogen functional groups attached to an aromatic ring is 2. The number of aromatic nitrogens is 2. The average molecular weight is 443 g/mol. The van der Waals surface area contributed by atoms with Crippen LogP contribution in [0.2, 0.25) is 0 Å². The van der Waals surface area contributed by atoms with E-state index in [-0.39, 0.29) is 23.0 Å². The summed E-state index contributed by atoms with van der Waals surface area (Å²) in [6.07, 6.45) is 0. The molecular weight excluding hydrogens is 434 g/mol. The third-order valence-corrected chi connectivity index (χ3v) is 3.86. The van der Waals surface area contributed by atoms with Gasteiger partial charge in [-0.1, -0.05) is 0 Å². The second kappa shape index (κ2) is 6.80. The maximum atomic E-state index is 10.6. The highest BCUT2D eigenvalue weighted by Gasteiger charge is 2.17. The molecule has 2 rings (SSSR count). The Bertz CT molecular complexity index is 812. The van der Waals surface area contributed by atoms with E-state index in [0.29, 0.717) is 20.3 Å². The number of nitrogens with two attached hydrogens (primary N) is 2. The van der Waals surface area contributed by atoms with Crippen LogP contribution in [0.3, 0.4) is 0 Å². The Morgan fingerprint density at radius 2 is 1.91 bits per heavy atom. The molecule has 0 aliphatic heterocycles. The molecule has 0 radical (unpaired) electrons. The number of nitrogens with zero attached hydrogens (tertiary/aromatic N) is 3. The number of halogens is 2. The molecule has 0 atom stereocenters. The van der Waals surface area contributed by atoms with Gasteiger partial charge >= 0.3 is 5.97 Å². The predicted octanol–water partition coefficient (Wildman–Crippen LogP) is 2.17. The van der Waals surface area contributed by atoms with Crippen molar-refractivity contribution in [1.29, 1.82) is 5.26 Å². The van der Waals surface area contributed by atoms with Crippen molar-refractivity contribution in [1.82, 2.24) is 9.97 Å². The van der Waals surface area contributed by atoms with Crippen LogP contribution in [0.1, 0.15) is 5.56 Å². The van der Waals surface area contributed by atoms with Crippen LogP contribution in [-0.2, 0) is 4.79 Å². The van der Waals surface area contributed by atoms with Crippen LogP contribution in [0.5, 0.6) is 5.75 Å². The van der Waals surface area contributed by atoms with E-state index in [4.69, 9.17) is 21.3 Å². The van der Waals surface area contributed by atoms with Crippen LogP contribution < -0.4 is 16.2 Å². The number of carbonyl (C=O) groups is 1. The van der Waals surface area contributed by atoms with Crippen LogP contribution in [0.15, 0.2) is 21.1 Å². The van der Waals surface area contributed by atoms with Gasteiger partial charge < -0.3 is 21.3 Å². The topological polar surface area (TPSA) is 148 Å². The Morgan fingerprint density at radius 3 is 2.43 bits per heavy atom. The van der Waals surface area contributed by atoms with Crippen LogP contribution in [-0.4, -0.2) is 27.7 Å². The molecule has 118 valence electrons. The molecule has 2 aromatic rings. The van der Waals surface area contributed by atoms with Crippen molar-refractivity contribution in [2.24, 2.45) is 0 Å². The summed E-state index contributed by atoms with van der Waals surface area (Å²) in [7, 11) is 0. The van der Waals surface area contributed by atoms with Gasteiger partial charge in [0, 0.05) is 5.56 Å². The molecule has 0 saturated carbocycles. The van der Waals surface area contributed by atoms with E-state index in [1.165, 1.54) is 0 Å². The maximum absolute atomic E-state index is 10.6. The van der Waals surface area contributed by atoms with Gasteiger partial charge in [0.25, 0.3) is 0 Å². The zero-order chi connectivity index (χ0) is 17.1. The Labute approximate surface area is 147 Å². The van der Waals surface area contributed by atoms with E-state index in [2.05, 4.69) is 41.8 Å². The standard InChI is InChI=1S/C13H9Br2N5O3/c14-7-1-5(2-8(15)11(7)23-4-9(21)22)10-6(3-16)12(17)20-13(18)19-10/h1-2H,4H2,(H,21,22)(H4,17,18,19,20). The number of carboxylic acids is 1. The molecule has 0 fully saturated rings. The van der Waals surface area contributed by atoms with Crippen molar-refractivity contribution in [2.75, 3.05) is 18.1 Å². The number of benzene rings is 1. The molecule has 5 N–H and O–H groups in total. The summed E-state index contributed by atoms with van der Waals surface area (Å²) in [4.78, 5) is 18.4. The number of carboxylic acid groups (broad SMARTS) is 1. The number of hydrogen-bond donors (Lipinski definition) is 3. The fraction of sp³-hybridized carbons (Fsp3) is 0.0769. The van der Waals surface area contributed by atoms with Gasteiger partial charge in [-0.3, -0.25) is 0 Å². The van der Waals surface area contributed by atoms with Crippen molar-refractivity contribution in [3.63, 3.8) is 0 Å². The summed E-state index contributed by atoms with van der Waals surface area (Å²) in [5.74, 6) is -0.871. The minimum atomic E-state index is -1.10. The number of hydrogen-bond acceptors (Lipinski definition) is 7. The van der Waals surface area contributed by atoms with Crippen LogP contribution in [0.25, 0.3) is 11.3 Å². The lowest BCUT2D eigenvalue weighted by Crippen LogP contribution is -2.10. The third kappa shape index (κ3) is 3.69. The summed E-state index contributed by atoms with van der Waals surface area (Å²) in [6, 6.07) is 5.17. The summed E-state index contributed by atoms with van der Waals surface area (Å²) < 4.78 is 6.13. The van der Waals surface area contributed by atoms with Crippen LogP contribution in [0, 0.1) is 11.3 Å². The lowest BCUT2D eigenvalue weighted by Gasteiger charge is -2.12. The lowest BCUT2D eigenvalue weighted by molar-refractivity contribution is -0.139. The zero-order valence-electron chi connectivity index (χ0n) is 11.4. The third-order valence-electron chi connectivity index (χ3n) is 2.68. The average Bonchev–Trinajstić information content (AvgIpc) is 2.45. The zero-order valence-corrected chi connectivity index (χ0v) is 14.5. The second-order valence-electron chi connectivity index (χ2n) is 4.25. The molecule has 10 heteroatoms. The SMILES string of the molecule is N#Cc1c(N)nc(N)nc1-c1cc(Br)c(OCC(=O)O)c(Br)c1. The van der Waals surface area contributed by atoms with Gasteiger partial charge in [-0.2, -0.15) is 10.2 Å². The molecule has 1 aromatic heterocycles. The molecule has 0 saturated heterocycles. The summed E-state index contributed by atoms with van der Waals surface area (Å²) in [5, 5.41) is 17.9. The fourth-order valence-corrected chi connectivity index (χ4v) is 3.20. The van der Waals surface area contributed by atoms with Gasteiger partial charge in [0.1, 0.15) is 23.2 Å². The largest absolute Gasteiger partial charge is 0.480 e. The van der Waals surface area contributed by atoms with Gasteiger partial charge in [0.05, 0.1) is 14.6 Å². The molecular formula is C13H9Br2N5O3. The summed E-state index contributed by atoms with van der Waals surface area (Å²) in [6.45, 7) is -0.493. The van der Waals surface area contributed by atoms with E-state index in [0.717, 1.165) is 0 Å². The predicted molar refractivity (Wildman–Crippen MR) is 89.5 cm³/mol. The molecule has 23 heavy (non-hydrogen) atoms. The Balaban J connectivity index is 2.55. The number of nitriles is 1. The number of rotatable bonds is 4. The molecule has 0 unspecified atom stereocenters. The van der Waals surface area contributed by atoms with Gasteiger partial charge in [-0.25, -0.2) is 9.78 Å². The highest BCUT2D eigenvalue weighted by molar-refractivity contribution is 9.11. The van der Waals surface area contributed by atoms with Gasteiger partial charge in [0.15, 0.2) is 6.61 Å². The molecule has 0 amide bonds. The molecule has 1 heterocycles. The minimum Gasteiger partial charge on any atom is -0.480 e. The fourth-order valence-electron chi connectivity index (χ4n) is 1.78. The van der Waals surface area contributed by atoms with Crippen LogP contribution >= 0.6 is 31.9 Å². The molecule has 1 aromatic carbocycles. The molecule has 8 nitrogen and oxygen atoms in total. The van der Waals surface area contributed by atoms with Gasteiger partial charge in [0.2, 0.25) is 5.95 Å². The minimum absolute atomic E-state index is 0.0200. The normalized spacial score (nSPS) is 10.1. The smallest absolute Gasteiger partial charge is 0.341 e. The summed E-state index contributed by atoms with van der Waals surface area (Å²) in [5.41, 5.74) is 12.2. The lowest BCUT2D eigenvalue weighted by atomic mass is 10.1. The van der Waals surface area contributed by atoms with Crippen LogP contribution in [0.4, 0.5) is 11.8 Å². The number of aliphatic carboxylic acids is 1. The van der Waals surface area contributed by atoms with E-state index >= 15 is 0 Å². The van der Waals surface area contributed by atoms with Gasteiger partial charge in [-0.15, -0.1) is 0 Å². The maximum Gasteiger partial charge on any atom is 0.341 e. The van der Waals surface area contributed by atoms with Gasteiger partial charge in [-0.05, 0) is 44.0 Å². The molecule has 0 aliphatic rings. The first kappa shape index (κ1) is 17.0. The Morgan fingerprint density at radius 1 is 1.30 bits per heavy atom. The van der Waals surface area contributed by atoms with E-state index < -0.39 is 12.6 Å². The van der Waals surface area contributed by atoms with E-state index in [9.17, 15) is 10.1 Å². The van der Waals surface area contributed by atoms with Crippen molar-refractivity contribution >= 4 is 49.6 Å². The molecule has 0 aliphatic carbocycles. The monoisotopic (exact) mass is 441 g/mol. The van der Waals surface area contributed by atoms with E-state index in [1.54, 1.807) is 12.1 Å². The molecule has 0 bridgehead atoms.